The first-order valence-electron chi connectivity index (χ1n) is 5.53. The minimum atomic E-state index is 0.161. The Bertz CT molecular complexity index is 502. The molecule has 0 aliphatic heterocycles. The lowest BCUT2D eigenvalue weighted by Crippen LogP contribution is -2.06. The van der Waals surface area contributed by atoms with Crippen LogP contribution in [0.4, 0.5) is 5.13 Å². The normalized spacial score (nSPS) is 12.5. The Labute approximate surface area is 111 Å². The van der Waals surface area contributed by atoms with E-state index in [0.717, 1.165) is 21.4 Å². The van der Waals surface area contributed by atoms with Crippen LogP contribution in [0.1, 0.15) is 29.1 Å². The lowest BCUT2D eigenvalue weighted by molar-refractivity contribution is 0.880. The highest BCUT2D eigenvalue weighted by molar-refractivity contribution is 7.15. The van der Waals surface area contributed by atoms with Gasteiger partial charge in [0.15, 0.2) is 5.13 Å². The van der Waals surface area contributed by atoms with E-state index >= 15 is 0 Å². The quantitative estimate of drug-likeness (QED) is 0.879. The summed E-state index contributed by atoms with van der Waals surface area (Å²) in [6.45, 7) is 6.20. The fourth-order valence-corrected chi connectivity index (χ4v) is 2.82. The summed E-state index contributed by atoms with van der Waals surface area (Å²) in [5.74, 6) is 0. The largest absolute Gasteiger partial charge is 0.355 e. The summed E-state index contributed by atoms with van der Waals surface area (Å²) < 4.78 is 0. The van der Waals surface area contributed by atoms with Crippen molar-refractivity contribution in [1.29, 1.82) is 0 Å². The Morgan fingerprint density at radius 3 is 2.59 bits per heavy atom. The molecule has 2 nitrogen and oxygen atoms in total. The molecule has 0 saturated heterocycles. The van der Waals surface area contributed by atoms with Gasteiger partial charge in [-0.2, -0.15) is 0 Å². The van der Waals surface area contributed by atoms with E-state index in [1.165, 1.54) is 4.88 Å². The first-order valence-corrected chi connectivity index (χ1v) is 6.72. The van der Waals surface area contributed by atoms with E-state index < -0.39 is 0 Å². The minimum Gasteiger partial charge on any atom is -0.355 e. The van der Waals surface area contributed by atoms with Crippen molar-refractivity contribution in [3.63, 3.8) is 0 Å². The number of nitrogens with one attached hydrogen (secondary N) is 1. The molecule has 1 aromatic carbocycles. The molecule has 1 unspecified atom stereocenters. The zero-order valence-corrected chi connectivity index (χ0v) is 11.7. The van der Waals surface area contributed by atoms with Gasteiger partial charge < -0.3 is 5.32 Å². The summed E-state index contributed by atoms with van der Waals surface area (Å²) in [5, 5.41) is 5.12. The van der Waals surface area contributed by atoms with Crippen LogP contribution in [0.25, 0.3) is 0 Å². The molecule has 1 heterocycles. The van der Waals surface area contributed by atoms with Crippen molar-refractivity contribution in [3.8, 4) is 0 Å². The highest BCUT2D eigenvalue weighted by Crippen LogP contribution is 2.28. The number of hydrogen-bond acceptors (Lipinski definition) is 3. The minimum absolute atomic E-state index is 0.161. The SMILES string of the molecule is Cc1nc(NC(C)c2ccccc2Cl)sc1C. The van der Waals surface area contributed by atoms with E-state index in [1.54, 1.807) is 11.3 Å². The fourth-order valence-electron chi connectivity index (χ4n) is 1.62. The third kappa shape index (κ3) is 2.79. The lowest BCUT2D eigenvalue weighted by Gasteiger charge is -2.14. The smallest absolute Gasteiger partial charge is 0.183 e. The monoisotopic (exact) mass is 266 g/mol. The van der Waals surface area contributed by atoms with Crippen LogP contribution in [0.15, 0.2) is 24.3 Å². The predicted molar refractivity (Wildman–Crippen MR) is 75.1 cm³/mol. The van der Waals surface area contributed by atoms with Gasteiger partial charge in [-0.3, -0.25) is 0 Å². The number of halogens is 1. The molecule has 1 aromatic heterocycles. The molecule has 0 amide bonds. The van der Waals surface area contributed by atoms with E-state index in [1.807, 2.05) is 31.2 Å². The van der Waals surface area contributed by atoms with Crippen molar-refractivity contribution in [3.05, 3.63) is 45.4 Å². The van der Waals surface area contributed by atoms with Gasteiger partial charge in [0, 0.05) is 9.90 Å². The summed E-state index contributed by atoms with van der Waals surface area (Å²) in [4.78, 5) is 5.72. The predicted octanol–water partition coefficient (Wildman–Crippen LogP) is 4.59. The zero-order valence-electron chi connectivity index (χ0n) is 10.1. The fraction of sp³-hybridized carbons (Fsp3) is 0.308. The van der Waals surface area contributed by atoms with Crippen LogP contribution in [0, 0.1) is 13.8 Å². The Hall–Kier alpha value is -1.06. The third-order valence-electron chi connectivity index (χ3n) is 2.74. The first-order chi connectivity index (χ1) is 8.08. The molecule has 0 saturated carbocycles. The topological polar surface area (TPSA) is 24.9 Å². The molecule has 0 bridgehead atoms. The van der Waals surface area contributed by atoms with Gasteiger partial charge in [-0.25, -0.2) is 4.98 Å². The van der Waals surface area contributed by atoms with Crippen LogP contribution in [0.2, 0.25) is 5.02 Å². The molecule has 2 aromatic rings. The Morgan fingerprint density at radius 2 is 2.00 bits per heavy atom. The van der Waals surface area contributed by atoms with Crippen molar-refractivity contribution in [1.82, 2.24) is 4.98 Å². The molecule has 17 heavy (non-hydrogen) atoms. The summed E-state index contributed by atoms with van der Waals surface area (Å²) >= 11 is 7.84. The van der Waals surface area contributed by atoms with Gasteiger partial charge in [0.1, 0.15) is 0 Å². The molecule has 1 atom stereocenters. The highest BCUT2D eigenvalue weighted by Gasteiger charge is 2.11. The molecular formula is C13H15ClN2S. The molecule has 1 N–H and O–H groups in total. The Kier molecular flexibility index (Phi) is 3.69. The van der Waals surface area contributed by atoms with Crippen LogP contribution >= 0.6 is 22.9 Å². The van der Waals surface area contributed by atoms with Gasteiger partial charge in [0.05, 0.1) is 11.7 Å². The number of aromatic nitrogens is 1. The van der Waals surface area contributed by atoms with Crippen LogP contribution in [0.3, 0.4) is 0 Å². The number of benzene rings is 1. The van der Waals surface area contributed by atoms with Crippen molar-refractivity contribution in [2.75, 3.05) is 5.32 Å². The molecule has 4 heteroatoms. The Balaban J connectivity index is 2.17. The first kappa shape index (κ1) is 12.4. The maximum absolute atomic E-state index is 6.16. The number of nitrogens with zero attached hydrogens (tertiary/aromatic N) is 1. The molecular weight excluding hydrogens is 252 g/mol. The van der Waals surface area contributed by atoms with E-state index in [4.69, 9.17) is 11.6 Å². The zero-order chi connectivity index (χ0) is 12.4. The van der Waals surface area contributed by atoms with Crippen LogP contribution in [0.5, 0.6) is 0 Å². The summed E-state index contributed by atoms with van der Waals surface area (Å²) in [6.07, 6.45) is 0. The van der Waals surface area contributed by atoms with Gasteiger partial charge in [-0.05, 0) is 32.4 Å². The maximum atomic E-state index is 6.16. The van der Waals surface area contributed by atoms with Gasteiger partial charge in [-0.15, -0.1) is 11.3 Å². The van der Waals surface area contributed by atoms with Crippen LogP contribution in [-0.4, -0.2) is 4.98 Å². The van der Waals surface area contributed by atoms with Gasteiger partial charge in [-0.1, -0.05) is 29.8 Å². The van der Waals surface area contributed by atoms with Gasteiger partial charge in [0.2, 0.25) is 0 Å². The average Bonchev–Trinajstić information content (AvgIpc) is 2.58. The molecule has 90 valence electrons. The second kappa shape index (κ2) is 5.07. The third-order valence-corrected chi connectivity index (χ3v) is 4.09. The summed E-state index contributed by atoms with van der Waals surface area (Å²) in [5.41, 5.74) is 2.18. The van der Waals surface area contributed by atoms with Crippen LogP contribution < -0.4 is 5.32 Å². The van der Waals surface area contributed by atoms with E-state index in [-0.39, 0.29) is 6.04 Å². The van der Waals surface area contributed by atoms with E-state index in [0.29, 0.717) is 0 Å². The molecule has 0 spiro atoms. The van der Waals surface area contributed by atoms with E-state index in [9.17, 15) is 0 Å². The molecule has 0 aliphatic carbocycles. The number of hydrogen-bond donors (Lipinski definition) is 1. The second-order valence-electron chi connectivity index (χ2n) is 4.05. The summed E-state index contributed by atoms with van der Waals surface area (Å²) in [6, 6.07) is 8.04. The highest BCUT2D eigenvalue weighted by atomic mass is 35.5. The Morgan fingerprint density at radius 1 is 1.29 bits per heavy atom. The number of rotatable bonds is 3. The maximum Gasteiger partial charge on any atom is 0.183 e. The van der Waals surface area contributed by atoms with Gasteiger partial charge in [0.25, 0.3) is 0 Å². The second-order valence-corrected chi connectivity index (χ2v) is 5.66. The number of thiazole rings is 1. The molecule has 0 aliphatic rings. The van der Waals surface area contributed by atoms with Crippen molar-refractivity contribution < 1.29 is 0 Å². The number of anilines is 1. The van der Waals surface area contributed by atoms with Crippen molar-refractivity contribution >= 4 is 28.1 Å². The van der Waals surface area contributed by atoms with Gasteiger partial charge >= 0.3 is 0 Å². The average molecular weight is 267 g/mol. The molecule has 0 fully saturated rings. The number of aryl methyl sites for hydroxylation is 2. The van der Waals surface area contributed by atoms with Crippen LogP contribution in [-0.2, 0) is 0 Å². The summed E-state index contributed by atoms with van der Waals surface area (Å²) in [7, 11) is 0. The lowest BCUT2D eigenvalue weighted by atomic mass is 10.1. The molecule has 2 rings (SSSR count). The standard InChI is InChI=1S/C13H15ClN2S/c1-8-10(3)17-13(15-8)16-9(2)11-6-4-5-7-12(11)14/h4-7,9H,1-3H3,(H,15,16). The van der Waals surface area contributed by atoms with Crippen molar-refractivity contribution in [2.45, 2.75) is 26.8 Å². The molecule has 0 radical (unpaired) electrons. The van der Waals surface area contributed by atoms with Crippen molar-refractivity contribution in [2.24, 2.45) is 0 Å². The van der Waals surface area contributed by atoms with E-state index in [2.05, 4.69) is 24.1 Å².